The maximum atomic E-state index is 10.1. The number of hydrogen-bond acceptors (Lipinski definition) is 4. The van der Waals surface area contributed by atoms with Crippen LogP contribution in [0.1, 0.15) is 26.3 Å². The standard InChI is InChI=1S/C17H27NO3.ClH/c1-17(2,3)15-6-4-5-7-16(15)21-13-14(19)12-18-8-10-20-11-9-18;/h4-7,14,19H,8-13H2,1-3H3;1H/p-1. The van der Waals surface area contributed by atoms with Gasteiger partial charge in [0, 0.05) is 19.6 Å². The summed E-state index contributed by atoms with van der Waals surface area (Å²) >= 11 is 0. The molecule has 4 nitrogen and oxygen atoms in total. The van der Waals surface area contributed by atoms with Crippen molar-refractivity contribution in [3.8, 4) is 5.75 Å². The quantitative estimate of drug-likeness (QED) is 0.757. The molecule has 1 heterocycles. The average Bonchev–Trinajstić information content (AvgIpc) is 2.45. The number of aliphatic hydroxyl groups excluding tert-OH is 1. The minimum absolute atomic E-state index is 0. The lowest BCUT2D eigenvalue weighted by Gasteiger charge is -2.29. The van der Waals surface area contributed by atoms with E-state index in [2.05, 4.69) is 31.7 Å². The zero-order valence-electron chi connectivity index (χ0n) is 13.7. The molecular weight excluding hydrogens is 302 g/mol. The van der Waals surface area contributed by atoms with Gasteiger partial charge in [0.2, 0.25) is 0 Å². The fourth-order valence-corrected chi connectivity index (χ4v) is 2.53. The van der Waals surface area contributed by atoms with Gasteiger partial charge < -0.3 is 27.0 Å². The van der Waals surface area contributed by atoms with Crippen molar-refractivity contribution in [1.82, 2.24) is 4.90 Å². The van der Waals surface area contributed by atoms with Crippen molar-refractivity contribution in [1.29, 1.82) is 0 Å². The lowest BCUT2D eigenvalue weighted by molar-refractivity contribution is -0.0000343. The molecule has 1 fully saturated rings. The number of β-amino-alcohol motifs (C(OH)–C–C–N with tert-alkyl or cyclic N) is 1. The minimum Gasteiger partial charge on any atom is -1.00 e. The Balaban J connectivity index is 0.00000242. The second-order valence-electron chi connectivity index (χ2n) is 6.62. The minimum atomic E-state index is -0.476. The van der Waals surface area contributed by atoms with Crippen LogP contribution in [-0.4, -0.2) is 55.6 Å². The van der Waals surface area contributed by atoms with E-state index in [1.165, 1.54) is 5.56 Å². The third kappa shape index (κ3) is 5.76. The average molecular weight is 329 g/mol. The van der Waals surface area contributed by atoms with E-state index in [0.717, 1.165) is 32.1 Å². The second kappa shape index (κ2) is 8.73. The summed E-state index contributed by atoms with van der Waals surface area (Å²) < 4.78 is 11.2. The van der Waals surface area contributed by atoms with Crippen molar-refractivity contribution in [3.05, 3.63) is 29.8 Å². The highest BCUT2D eigenvalue weighted by atomic mass is 35.5. The van der Waals surface area contributed by atoms with Crippen LogP contribution in [0.3, 0.4) is 0 Å². The zero-order valence-corrected chi connectivity index (χ0v) is 14.5. The van der Waals surface area contributed by atoms with Gasteiger partial charge in [-0.15, -0.1) is 0 Å². The Labute approximate surface area is 139 Å². The monoisotopic (exact) mass is 328 g/mol. The van der Waals surface area contributed by atoms with Crippen LogP contribution in [-0.2, 0) is 10.2 Å². The van der Waals surface area contributed by atoms with Gasteiger partial charge in [0.05, 0.1) is 13.2 Å². The summed E-state index contributed by atoms with van der Waals surface area (Å²) in [7, 11) is 0. The van der Waals surface area contributed by atoms with Crippen LogP contribution in [0, 0.1) is 0 Å². The molecule has 0 aromatic heterocycles. The van der Waals surface area contributed by atoms with Gasteiger partial charge in [0.1, 0.15) is 18.5 Å². The molecule has 0 radical (unpaired) electrons. The number of nitrogens with zero attached hydrogens (tertiary/aromatic N) is 1. The summed E-state index contributed by atoms with van der Waals surface area (Å²) in [5.41, 5.74) is 1.20. The van der Waals surface area contributed by atoms with Crippen LogP contribution < -0.4 is 17.1 Å². The van der Waals surface area contributed by atoms with Crippen molar-refractivity contribution in [2.75, 3.05) is 39.5 Å². The first-order valence-electron chi connectivity index (χ1n) is 7.67. The van der Waals surface area contributed by atoms with Gasteiger partial charge in [-0.1, -0.05) is 39.0 Å². The number of rotatable bonds is 5. The largest absolute Gasteiger partial charge is 1.00 e. The topological polar surface area (TPSA) is 41.9 Å². The van der Waals surface area contributed by atoms with Crippen molar-refractivity contribution in [2.45, 2.75) is 32.3 Å². The summed E-state index contributed by atoms with van der Waals surface area (Å²) in [6.45, 7) is 10.7. The maximum Gasteiger partial charge on any atom is 0.123 e. The highest BCUT2D eigenvalue weighted by Gasteiger charge is 2.20. The zero-order chi connectivity index (χ0) is 15.3. The Bertz CT molecular complexity index is 442. The van der Waals surface area contributed by atoms with Gasteiger partial charge in [-0.3, -0.25) is 4.90 Å². The maximum absolute atomic E-state index is 10.1. The normalized spacial score (nSPS) is 17.6. The Morgan fingerprint density at radius 2 is 1.86 bits per heavy atom. The fourth-order valence-electron chi connectivity index (χ4n) is 2.53. The molecule has 0 spiro atoms. The molecule has 1 aromatic rings. The van der Waals surface area contributed by atoms with Crippen LogP contribution in [0.2, 0.25) is 0 Å². The van der Waals surface area contributed by atoms with E-state index in [0.29, 0.717) is 13.2 Å². The number of aliphatic hydroxyl groups is 1. The molecule has 1 atom stereocenters. The van der Waals surface area contributed by atoms with Crippen molar-refractivity contribution in [2.24, 2.45) is 0 Å². The molecular formula is C17H27ClNO3-. The molecule has 1 saturated heterocycles. The molecule has 0 bridgehead atoms. The summed E-state index contributed by atoms with van der Waals surface area (Å²) in [6, 6.07) is 8.06. The molecule has 1 aliphatic heterocycles. The molecule has 1 aromatic carbocycles. The number of benzene rings is 1. The fraction of sp³-hybridized carbons (Fsp3) is 0.647. The number of morpholine rings is 1. The predicted molar refractivity (Wildman–Crippen MR) is 83.9 cm³/mol. The third-order valence-corrected chi connectivity index (χ3v) is 3.70. The Morgan fingerprint density at radius 1 is 1.23 bits per heavy atom. The molecule has 2 rings (SSSR count). The lowest BCUT2D eigenvalue weighted by Crippen LogP contribution is -3.00. The number of hydrogen-bond donors (Lipinski definition) is 1. The first kappa shape index (κ1) is 19.2. The van der Waals surface area contributed by atoms with Gasteiger partial charge in [-0.05, 0) is 17.0 Å². The molecule has 126 valence electrons. The number of ether oxygens (including phenoxy) is 2. The highest BCUT2D eigenvalue weighted by Crippen LogP contribution is 2.30. The van der Waals surface area contributed by atoms with Crippen LogP contribution in [0.5, 0.6) is 5.75 Å². The van der Waals surface area contributed by atoms with Gasteiger partial charge in [0.25, 0.3) is 0 Å². The SMILES string of the molecule is CC(C)(C)c1ccccc1OCC(O)CN1CCOCC1.[Cl-]. The number of para-hydroxylation sites is 1. The summed E-state index contributed by atoms with van der Waals surface area (Å²) in [4.78, 5) is 2.22. The van der Waals surface area contributed by atoms with Gasteiger partial charge in [-0.25, -0.2) is 0 Å². The molecule has 0 saturated carbocycles. The van der Waals surface area contributed by atoms with E-state index in [1.54, 1.807) is 0 Å². The van der Waals surface area contributed by atoms with Crippen LogP contribution in [0.15, 0.2) is 24.3 Å². The molecule has 5 heteroatoms. The van der Waals surface area contributed by atoms with Gasteiger partial charge in [0.15, 0.2) is 0 Å². The highest BCUT2D eigenvalue weighted by molar-refractivity contribution is 5.38. The Morgan fingerprint density at radius 3 is 2.50 bits per heavy atom. The Hall–Kier alpha value is -0.810. The van der Waals surface area contributed by atoms with Crippen LogP contribution >= 0.6 is 0 Å². The molecule has 22 heavy (non-hydrogen) atoms. The van der Waals surface area contributed by atoms with Crippen molar-refractivity contribution >= 4 is 0 Å². The predicted octanol–water partition coefficient (Wildman–Crippen LogP) is -0.940. The summed E-state index contributed by atoms with van der Waals surface area (Å²) in [5.74, 6) is 0.867. The Kier molecular flexibility index (Phi) is 7.63. The van der Waals surface area contributed by atoms with Gasteiger partial charge in [-0.2, -0.15) is 0 Å². The molecule has 1 aliphatic rings. The van der Waals surface area contributed by atoms with Crippen LogP contribution in [0.25, 0.3) is 0 Å². The molecule has 0 aliphatic carbocycles. The molecule has 1 N–H and O–H groups in total. The van der Waals surface area contributed by atoms with Gasteiger partial charge >= 0.3 is 0 Å². The van der Waals surface area contributed by atoms with E-state index in [9.17, 15) is 5.11 Å². The summed E-state index contributed by atoms with van der Waals surface area (Å²) in [5, 5.41) is 10.1. The third-order valence-electron chi connectivity index (χ3n) is 3.70. The molecule has 1 unspecified atom stereocenters. The van der Waals surface area contributed by atoms with Crippen LogP contribution in [0.4, 0.5) is 0 Å². The van der Waals surface area contributed by atoms with E-state index in [1.807, 2.05) is 18.2 Å². The smallest absolute Gasteiger partial charge is 0.123 e. The number of halogens is 1. The van der Waals surface area contributed by atoms with E-state index < -0.39 is 6.10 Å². The van der Waals surface area contributed by atoms with Crippen molar-refractivity contribution in [3.63, 3.8) is 0 Å². The first-order chi connectivity index (χ1) is 9.97. The van der Waals surface area contributed by atoms with Crippen molar-refractivity contribution < 1.29 is 27.0 Å². The molecule has 0 amide bonds. The lowest BCUT2D eigenvalue weighted by atomic mass is 9.86. The summed E-state index contributed by atoms with van der Waals surface area (Å²) in [6.07, 6.45) is -0.476. The van der Waals surface area contributed by atoms with E-state index in [4.69, 9.17) is 9.47 Å². The second-order valence-corrected chi connectivity index (χ2v) is 6.62. The first-order valence-corrected chi connectivity index (χ1v) is 7.67. The van der Waals surface area contributed by atoms with E-state index in [-0.39, 0.29) is 17.8 Å². The van der Waals surface area contributed by atoms with E-state index >= 15 is 0 Å².